The molecule has 0 unspecified atom stereocenters. The summed E-state index contributed by atoms with van der Waals surface area (Å²) < 4.78 is 80.6. The van der Waals surface area contributed by atoms with E-state index in [1.165, 1.54) is 0 Å². The molecule has 0 aromatic heterocycles. The van der Waals surface area contributed by atoms with Crippen molar-refractivity contribution < 1.29 is 31.1 Å². The number of benzene rings is 1. The molecule has 0 spiro atoms. The predicted molar refractivity (Wildman–Crippen MR) is 103 cm³/mol. The molecule has 2 saturated carbocycles. The van der Waals surface area contributed by atoms with Gasteiger partial charge in [-0.15, -0.1) is 13.2 Å². The van der Waals surface area contributed by atoms with E-state index in [4.69, 9.17) is 0 Å². The molecule has 0 atom stereocenters. The van der Waals surface area contributed by atoms with Gasteiger partial charge in [0.05, 0.1) is 6.67 Å². The summed E-state index contributed by atoms with van der Waals surface area (Å²) in [7, 11) is 0. The molecule has 0 aliphatic heterocycles. The van der Waals surface area contributed by atoms with Crippen molar-refractivity contribution in [3.8, 4) is 5.75 Å². The standard InChI is InChI=1S/C23H28F6O/c24-12-2-1-3-15-4-6-16(7-5-15)17-8-10-18(11-9-17)19-13-20(25)22(21(26)14-19)30-23(27,28)29/h1,3,13-18H,2,4-12H2/b3-1+/t15-,16-,17?,18?. The van der Waals surface area contributed by atoms with Gasteiger partial charge < -0.3 is 4.74 Å². The van der Waals surface area contributed by atoms with Crippen LogP contribution in [0.5, 0.6) is 5.75 Å². The molecular formula is C23H28F6O. The Kier molecular flexibility index (Phi) is 7.75. The Morgan fingerprint density at radius 1 is 0.867 bits per heavy atom. The summed E-state index contributed by atoms with van der Waals surface area (Å²) >= 11 is 0. The van der Waals surface area contributed by atoms with Crippen LogP contribution in [0.3, 0.4) is 0 Å². The molecule has 30 heavy (non-hydrogen) atoms. The summed E-state index contributed by atoms with van der Waals surface area (Å²) in [6.45, 7) is -0.318. The fraction of sp³-hybridized carbons (Fsp3) is 0.652. The van der Waals surface area contributed by atoms with Crippen LogP contribution in [0.2, 0.25) is 0 Å². The van der Waals surface area contributed by atoms with Crippen LogP contribution in [0, 0.1) is 29.4 Å². The highest BCUT2D eigenvalue weighted by Crippen LogP contribution is 2.45. The Labute approximate surface area is 173 Å². The van der Waals surface area contributed by atoms with Crippen molar-refractivity contribution >= 4 is 0 Å². The smallest absolute Gasteiger partial charge is 0.399 e. The molecule has 0 amide bonds. The molecular weight excluding hydrogens is 406 g/mol. The van der Waals surface area contributed by atoms with E-state index in [-0.39, 0.29) is 12.6 Å². The summed E-state index contributed by atoms with van der Waals surface area (Å²) in [5.41, 5.74) is 0.402. The molecule has 3 rings (SSSR count). The molecule has 0 saturated heterocycles. The number of hydrogen-bond donors (Lipinski definition) is 0. The zero-order chi connectivity index (χ0) is 21.7. The Morgan fingerprint density at radius 2 is 1.40 bits per heavy atom. The van der Waals surface area contributed by atoms with E-state index in [1.54, 1.807) is 0 Å². The van der Waals surface area contributed by atoms with Crippen LogP contribution >= 0.6 is 0 Å². The van der Waals surface area contributed by atoms with Gasteiger partial charge in [-0.3, -0.25) is 4.39 Å². The van der Waals surface area contributed by atoms with Crippen LogP contribution in [-0.2, 0) is 0 Å². The molecule has 2 aliphatic rings. The van der Waals surface area contributed by atoms with Gasteiger partial charge in [0.1, 0.15) is 0 Å². The van der Waals surface area contributed by atoms with E-state index in [9.17, 15) is 26.3 Å². The van der Waals surface area contributed by atoms with E-state index < -0.39 is 23.7 Å². The van der Waals surface area contributed by atoms with Crippen LogP contribution in [0.25, 0.3) is 0 Å². The summed E-state index contributed by atoms with van der Waals surface area (Å²) in [5.74, 6) is -2.31. The minimum atomic E-state index is -5.14. The zero-order valence-electron chi connectivity index (χ0n) is 16.9. The monoisotopic (exact) mass is 434 g/mol. The van der Waals surface area contributed by atoms with Crippen molar-refractivity contribution in [2.45, 2.75) is 70.1 Å². The highest BCUT2D eigenvalue weighted by Gasteiger charge is 2.35. The van der Waals surface area contributed by atoms with E-state index in [0.717, 1.165) is 63.5 Å². The number of halogens is 6. The minimum absolute atomic E-state index is 0.0508. The molecule has 7 heteroatoms. The van der Waals surface area contributed by atoms with Crippen molar-refractivity contribution in [2.24, 2.45) is 17.8 Å². The molecule has 0 N–H and O–H groups in total. The van der Waals surface area contributed by atoms with Crippen molar-refractivity contribution in [1.29, 1.82) is 0 Å². The molecule has 0 radical (unpaired) electrons. The predicted octanol–water partition coefficient (Wildman–Crippen LogP) is 7.86. The Morgan fingerprint density at radius 3 is 1.90 bits per heavy atom. The molecule has 1 aromatic rings. The van der Waals surface area contributed by atoms with Gasteiger partial charge in [0.2, 0.25) is 5.75 Å². The van der Waals surface area contributed by atoms with E-state index in [2.05, 4.69) is 10.8 Å². The maximum absolute atomic E-state index is 14.0. The van der Waals surface area contributed by atoms with Crippen LogP contribution in [0.1, 0.15) is 69.3 Å². The van der Waals surface area contributed by atoms with Crippen molar-refractivity contribution in [1.82, 2.24) is 0 Å². The number of ether oxygens (including phenoxy) is 1. The van der Waals surface area contributed by atoms with Crippen molar-refractivity contribution in [2.75, 3.05) is 6.67 Å². The van der Waals surface area contributed by atoms with Gasteiger partial charge in [-0.05, 0) is 99.2 Å². The van der Waals surface area contributed by atoms with Crippen molar-refractivity contribution in [3.63, 3.8) is 0 Å². The fourth-order valence-electron chi connectivity index (χ4n) is 5.11. The number of alkyl halides is 4. The number of rotatable bonds is 6. The third kappa shape index (κ3) is 6.17. The second kappa shape index (κ2) is 10.1. The zero-order valence-corrected chi connectivity index (χ0v) is 16.9. The van der Waals surface area contributed by atoms with E-state index >= 15 is 0 Å². The van der Waals surface area contributed by atoms with Gasteiger partial charge in [-0.1, -0.05) is 12.2 Å². The highest BCUT2D eigenvalue weighted by atomic mass is 19.4. The average Bonchev–Trinajstić information content (AvgIpc) is 2.71. The van der Waals surface area contributed by atoms with Crippen LogP contribution in [0.15, 0.2) is 24.3 Å². The first-order valence-corrected chi connectivity index (χ1v) is 10.7. The van der Waals surface area contributed by atoms with Gasteiger partial charge in [0.15, 0.2) is 11.6 Å². The lowest BCUT2D eigenvalue weighted by Gasteiger charge is -2.37. The molecule has 2 aliphatic carbocycles. The molecule has 0 bridgehead atoms. The molecule has 1 aromatic carbocycles. The third-order valence-electron chi connectivity index (χ3n) is 6.65. The maximum Gasteiger partial charge on any atom is 0.573 e. The van der Waals surface area contributed by atoms with Crippen molar-refractivity contribution in [3.05, 3.63) is 41.5 Å². The lowest BCUT2D eigenvalue weighted by molar-refractivity contribution is -0.276. The lowest BCUT2D eigenvalue weighted by Crippen LogP contribution is -2.25. The first kappa shape index (κ1) is 23.0. The number of hydrogen-bond acceptors (Lipinski definition) is 1. The second-order valence-electron chi connectivity index (χ2n) is 8.55. The largest absolute Gasteiger partial charge is 0.573 e. The fourth-order valence-corrected chi connectivity index (χ4v) is 5.11. The molecule has 2 fully saturated rings. The average molecular weight is 434 g/mol. The molecule has 168 valence electrons. The SMILES string of the molecule is FCC/C=C/[C@H]1CC[C@H](C2CCC(c3cc(F)c(OC(F)(F)F)c(F)c3)CC2)CC1. The lowest BCUT2D eigenvalue weighted by atomic mass is 9.68. The van der Waals surface area contributed by atoms with Crippen LogP contribution < -0.4 is 4.74 Å². The molecule has 0 heterocycles. The summed E-state index contributed by atoms with van der Waals surface area (Å²) in [5, 5.41) is 0. The summed E-state index contributed by atoms with van der Waals surface area (Å²) in [6, 6.07) is 1.95. The quantitative estimate of drug-likeness (QED) is 0.327. The number of allylic oxidation sites excluding steroid dienone is 2. The minimum Gasteiger partial charge on any atom is -0.399 e. The van der Waals surface area contributed by atoms with Gasteiger partial charge in [-0.2, -0.15) is 0 Å². The van der Waals surface area contributed by atoms with E-state index in [0.29, 0.717) is 29.7 Å². The first-order chi connectivity index (χ1) is 14.3. The summed E-state index contributed by atoms with van der Waals surface area (Å²) in [4.78, 5) is 0. The van der Waals surface area contributed by atoms with Gasteiger partial charge in [0, 0.05) is 0 Å². The van der Waals surface area contributed by atoms with Gasteiger partial charge in [-0.25, -0.2) is 8.78 Å². The van der Waals surface area contributed by atoms with E-state index in [1.807, 2.05) is 6.08 Å². The van der Waals surface area contributed by atoms with Gasteiger partial charge >= 0.3 is 6.36 Å². The van der Waals surface area contributed by atoms with Gasteiger partial charge in [0.25, 0.3) is 0 Å². The Hall–Kier alpha value is -1.66. The topological polar surface area (TPSA) is 9.23 Å². The Balaban J connectivity index is 1.52. The normalized spacial score (nSPS) is 28.1. The first-order valence-electron chi connectivity index (χ1n) is 10.7. The Bertz CT molecular complexity index is 690. The second-order valence-corrected chi connectivity index (χ2v) is 8.55. The molecule has 1 nitrogen and oxygen atoms in total. The van der Waals surface area contributed by atoms with Crippen LogP contribution in [0.4, 0.5) is 26.3 Å². The highest BCUT2D eigenvalue weighted by molar-refractivity contribution is 5.33. The van der Waals surface area contributed by atoms with Crippen LogP contribution in [-0.4, -0.2) is 13.0 Å². The summed E-state index contributed by atoms with van der Waals surface area (Å²) in [6.07, 6.45) is 7.41. The maximum atomic E-state index is 14.0. The third-order valence-corrected chi connectivity index (χ3v) is 6.65.